The highest BCUT2D eigenvalue weighted by Gasteiger charge is 2.11. The van der Waals surface area contributed by atoms with Gasteiger partial charge in [0, 0.05) is 11.7 Å². The number of aliphatic hydroxyl groups is 2. The van der Waals surface area contributed by atoms with Gasteiger partial charge in [-0.3, -0.25) is 0 Å². The van der Waals surface area contributed by atoms with Crippen molar-refractivity contribution in [2.24, 2.45) is 5.73 Å². The summed E-state index contributed by atoms with van der Waals surface area (Å²) in [6, 6.07) is 6.62. The molecule has 0 aliphatic rings. The summed E-state index contributed by atoms with van der Waals surface area (Å²) in [6.45, 7) is -0.126. The Morgan fingerprint density at radius 3 is 2.64 bits per heavy atom. The van der Waals surface area contributed by atoms with Gasteiger partial charge >= 0.3 is 0 Å². The van der Waals surface area contributed by atoms with Crippen LogP contribution in [0, 0.1) is 0 Å². The van der Waals surface area contributed by atoms with Crippen LogP contribution in [0.5, 0.6) is 0 Å². The molecule has 0 aliphatic carbocycles. The number of aliphatic hydroxyl groups excluding tert-OH is 2. The van der Waals surface area contributed by atoms with E-state index in [0.717, 1.165) is 5.56 Å². The van der Waals surface area contributed by atoms with Gasteiger partial charge in [0.05, 0.1) is 12.7 Å². The van der Waals surface area contributed by atoms with Crippen molar-refractivity contribution in [3.8, 4) is 0 Å². The van der Waals surface area contributed by atoms with Crippen LogP contribution in [-0.4, -0.2) is 22.9 Å². The van der Waals surface area contributed by atoms with Gasteiger partial charge in [-0.2, -0.15) is 0 Å². The number of benzene rings is 1. The van der Waals surface area contributed by atoms with Gasteiger partial charge in [-0.25, -0.2) is 0 Å². The van der Waals surface area contributed by atoms with Crippen molar-refractivity contribution in [3.63, 3.8) is 0 Å². The van der Waals surface area contributed by atoms with E-state index in [9.17, 15) is 5.11 Å². The number of rotatable bonds is 4. The summed E-state index contributed by atoms with van der Waals surface area (Å²) in [4.78, 5) is 0. The smallest absolute Gasteiger partial charge is 0.0806 e. The Bertz CT molecular complexity index is 291. The largest absolute Gasteiger partial charge is 0.399 e. The molecule has 0 saturated carbocycles. The molecule has 0 saturated heterocycles. The van der Waals surface area contributed by atoms with E-state index < -0.39 is 12.1 Å². The summed E-state index contributed by atoms with van der Waals surface area (Å²) in [7, 11) is 0. The maximum atomic E-state index is 9.70. The predicted molar refractivity (Wildman–Crippen MR) is 55.5 cm³/mol. The fourth-order valence-electron chi connectivity index (χ4n) is 1.26. The molecule has 1 aromatic carbocycles. The number of hydrogen-bond acceptors (Lipinski definition) is 4. The topological polar surface area (TPSA) is 92.5 Å². The Balaban J connectivity index is 2.64. The van der Waals surface area contributed by atoms with Crippen LogP contribution in [0.1, 0.15) is 18.1 Å². The van der Waals surface area contributed by atoms with Gasteiger partial charge < -0.3 is 21.7 Å². The van der Waals surface area contributed by atoms with Gasteiger partial charge in [0.15, 0.2) is 0 Å². The standard InChI is InChI=1S/C10H16N2O2/c11-8-3-1-2-7(4-8)10(14)5-9(12)6-13/h1-4,9-10,13-14H,5-6,11-12H2/t9-,10-/m0/s1. The van der Waals surface area contributed by atoms with Crippen LogP contribution in [0.25, 0.3) is 0 Å². The summed E-state index contributed by atoms with van der Waals surface area (Å²) in [5.74, 6) is 0. The van der Waals surface area contributed by atoms with E-state index in [4.69, 9.17) is 16.6 Å². The van der Waals surface area contributed by atoms with E-state index in [1.807, 2.05) is 0 Å². The van der Waals surface area contributed by atoms with Gasteiger partial charge in [0.1, 0.15) is 0 Å². The molecule has 0 heterocycles. The van der Waals surface area contributed by atoms with Gasteiger partial charge in [-0.1, -0.05) is 12.1 Å². The lowest BCUT2D eigenvalue weighted by Gasteiger charge is -2.15. The van der Waals surface area contributed by atoms with Crippen molar-refractivity contribution in [1.82, 2.24) is 0 Å². The van der Waals surface area contributed by atoms with Crippen molar-refractivity contribution in [1.29, 1.82) is 0 Å². The normalized spacial score (nSPS) is 15.1. The van der Waals surface area contributed by atoms with Gasteiger partial charge in [-0.15, -0.1) is 0 Å². The molecule has 14 heavy (non-hydrogen) atoms. The number of nitrogens with two attached hydrogens (primary N) is 2. The second kappa shape index (κ2) is 4.95. The maximum Gasteiger partial charge on any atom is 0.0806 e. The molecule has 78 valence electrons. The van der Waals surface area contributed by atoms with Crippen LogP contribution in [0.3, 0.4) is 0 Å². The Kier molecular flexibility index (Phi) is 3.88. The number of nitrogen functional groups attached to an aromatic ring is 1. The lowest BCUT2D eigenvalue weighted by Crippen LogP contribution is -2.26. The molecule has 0 bridgehead atoms. The van der Waals surface area contributed by atoms with Crippen molar-refractivity contribution in [3.05, 3.63) is 29.8 Å². The Labute approximate surface area is 83.2 Å². The lowest BCUT2D eigenvalue weighted by atomic mass is 10.0. The zero-order chi connectivity index (χ0) is 10.6. The van der Waals surface area contributed by atoms with E-state index >= 15 is 0 Å². The predicted octanol–water partition coefficient (Wildman–Crippen LogP) is 0.0119. The Hall–Kier alpha value is -1.10. The minimum Gasteiger partial charge on any atom is -0.399 e. The summed E-state index contributed by atoms with van der Waals surface area (Å²) in [5.41, 5.74) is 12.4. The van der Waals surface area contributed by atoms with E-state index in [2.05, 4.69) is 0 Å². The first-order valence-corrected chi connectivity index (χ1v) is 4.53. The molecule has 4 heteroatoms. The molecular formula is C10H16N2O2. The molecule has 1 aromatic rings. The zero-order valence-corrected chi connectivity index (χ0v) is 7.93. The summed E-state index contributed by atoms with van der Waals surface area (Å²) in [5, 5.41) is 18.4. The van der Waals surface area contributed by atoms with Gasteiger partial charge in [0.25, 0.3) is 0 Å². The number of anilines is 1. The van der Waals surface area contributed by atoms with E-state index in [1.54, 1.807) is 24.3 Å². The van der Waals surface area contributed by atoms with Crippen LogP contribution in [0.2, 0.25) is 0 Å². The third kappa shape index (κ3) is 2.99. The second-order valence-electron chi connectivity index (χ2n) is 3.36. The van der Waals surface area contributed by atoms with Crippen LogP contribution in [0.15, 0.2) is 24.3 Å². The fourth-order valence-corrected chi connectivity index (χ4v) is 1.26. The van der Waals surface area contributed by atoms with Gasteiger partial charge in [0.2, 0.25) is 0 Å². The molecule has 2 atom stereocenters. The van der Waals surface area contributed by atoms with E-state index in [1.165, 1.54) is 0 Å². The second-order valence-corrected chi connectivity index (χ2v) is 3.36. The van der Waals surface area contributed by atoms with E-state index in [-0.39, 0.29) is 6.61 Å². The lowest BCUT2D eigenvalue weighted by molar-refractivity contribution is 0.140. The van der Waals surface area contributed by atoms with Crippen LogP contribution in [0.4, 0.5) is 5.69 Å². The first-order chi connectivity index (χ1) is 6.63. The van der Waals surface area contributed by atoms with Crippen LogP contribution >= 0.6 is 0 Å². The minimum absolute atomic E-state index is 0.126. The quantitative estimate of drug-likeness (QED) is 0.510. The summed E-state index contributed by atoms with van der Waals surface area (Å²) in [6.07, 6.45) is -0.333. The maximum absolute atomic E-state index is 9.70. The molecule has 0 unspecified atom stereocenters. The third-order valence-corrected chi connectivity index (χ3v) is 2.06. The summed E-state index contributed by atoms with van der Waals surface area (Å²) < 4.78 is 0. The minimum atomic E-state index is -0.666. The van der Waals surface area contributed by atoms with Crippen LogP contribution in [-0.2, 0) is 0 Å². The average molecular weight is 196 g/mol. The molecule has 0 fully saturated rings. The Morgan fingerprint density at radius 2 is 2.07 bits per heavy atom. The molecule has 0 spiro atoms. The SMILES string of the molecule is Nc1cccc([C@@H](O)C[C@H](N)CO)c1. The van der Waals surface area contributed by atoms with Crippen molar-refractivity contribution < 1.29 is 10.2 Å². The average Bonchev–Trinajstić information content (AvgIpc) is 2.17. The first-order valence-electron chi connectivity index (χ1n) is 4.53. The molecule has 1 rings (SSSR count). The third-order valence-electron chi connectivity index (χ3n) is 2.06. The van der Waals surface area contributed by atoms with Crippen molar-refractivity contribution >= 4 is 5.69 Å². The fraction of sp³-hybridized carbons (Fsp3) is 0.400. The van der Waals surface area contributed by atoms with E-state index in [0.29, 0.717) is 12.1 Å². The molecule has 0 aliphatic heterocycles. The first kappa shape index (κ1) is 11.0. The molecule has 0 amide bonds. The molecule has 4 nitrogen and oxygen atoms in total. The van der Waals surface area contributed by atoms with Crippen molar-refractivity contribution in [2.75, 3.05) is 12.3 Å². The van der Waals surface area contributed by atoms with Gasteiger partial charge in [-0.05, 0) is 24.1 Å². The monoisotopic (exact) mass is 196 g/mol. The zero-order valence-electron chi connectivity index (χ0n) is 7.93. The number of hydrogen-bond donors (Lipinski definition) is 4. The summed E-state index contributed by atoms with van der Waals surface area (Å²) >= 11 is 0. The molecular weight excluding hydrogens is 180 g/mol. The highest BCUT2D eigenvalue weighted by molar-refractivity contribution is 5.41. The van der Waals surface area contributed by atoms with Crippen LogP contribution < -0.4 is 11.5 Å². The highest BCUT2D eigenvalue weighted by atomic mass is 16.3. The van der Waals surface area contributed by atoms with Crippen molar-refractivity contribution in [2.45, 2.75) is 18.6 Å². The molecule has 0 radical (unpaired) electrons. The Morgan fingerprint density at radius 1 is 1.36 bits per heavy atom. The molecule has 0 aromatic heterocycles. The molecule has 6 N–H and O–H groups in total. The highest BCUT2D eigenvalue weighted by Crippen LogP contribution is 2.19.